The first-order chi connectivity index (χ1) is 12.5. The van der Waals surface area contributed by atoms with Gasteiger partial charge in [-0.05, 0) is 49.8 Å². The molecular weight excluding hydrogens is 386 g/mol. The first-order valence-corrected chi connectivity index (χ1v) is 11.1. The number of anilines is 1. The van der Waals surface area contributed by atoms with E-state index in [1.54, 1.807) is 4.90 Å². The van der Waals surface area contributed by atoms with Gasteiger partial charge in [0, 0.05) is 31.2 Å². The van der Waals surface area contributed by atoms with Gasteiger partial charge in [0.25, 0.3) is 0 Å². The number of hydrogen-bond donors (Lipinski definition) is 2. The van der Waals surface area contributed by atoms with E-state index in [2.05, 4.69) is 4.72 Å². The molecule has 1 heterocycles. The van der Waals surface area contributed by atoms with E-state index in [4.69, 9.17) is 5.73 Å². The van der Waals surface area contributed by atoms with Crippen molar-refractivity contribution in [2.75, 3.05) is 25.4 Å². The number of benzene rings is 1. The summed E-state index contributed by atoms with van der Waals surface area (Å²) >= 11 is 0. The summed E-state index contributed by atoms with van der Waals surface area (Å²) in [6, 6.07) is 7.45. The Kier molecular flexibility index (Phi) is 7.94. The minimum atomic E-state index is -3.42. The minimum absolute atomic E-state index is 0. The van der Waals surface area contributed by atoms with E-state index in [9.17, 15) is 13.2 Å². The van der Waals surface area contributed by atoms with Crippen molar-refractivity contribution in [3.8, 4) is 0 Å². The lowest BCUT2D eigenvalue weighted by atomic mass is 10.0. The van der Waals surface area contributed by atoms with E-state index in [1.165, 1.54) is 0 Å². The van der Waals surface area contributed by atoms with E-state index in [0.717, 1.165) is 37.7 Å². The zero-order chi connectivity index (χ0) is 18.6. The normalized spacial score (nSPS) is 21.0. The standard InChI is InChI=1S/C19H29N3O3S.ClH/c20-17-9-7-15(8-10-17)11-12-21-26(24,25)18-6-3-13-22(14-18)19(23)16-4-1-2-5-16;/h7-10,16,18,21H,1-6,11-14,20H2;1H. The van der Waals surface area contributed by atoms with Crippen LogP contribution in [0, 0.1) is 5.92 Å². The summed E-state index contributed by atoms with van der Waals surface area (Å²) in [5, 5.41) is -0.506. The van der Waals surface area contributed by atoms with Crippen LogP contribution in [-0.4, -0.2) is 44.1 Å². The van der Waals surface area contributed by atoms with E-state index in [1.807, 2.05) is 24.3 Å². The Bertz CT molecular complexity index is 718. The first-order valence-electron chi connectivity index (χ1n) is 9.57. The third-order valence-corrected chi connectivity index (χ3v) is 7.40. The van der Waals surface area contributed by atoms with Crippen LogP contribution in [0.15, 0.2) is 24.3 Å². The number of amides is 1. The van der Waals surface area contributed by atoms with Gasteiger partial charge in [-0.2, -0.15) is 0 Å². The molecule has 0 bridgehead atoms. The van der Waals surface area contributed by atoms with Crippen molar-refractivity contribution in [2.45, 2.75) is 50.2 Å². The topological polar surface area (TPSA) is 92.5 Å². The molecule has 3 rings (SSSR count). The van der Waals surface area contributed by atoms with Gasteiger partial charge >= 0.3 is 0 Å². The predicted molar refractivity (Wildman–Crippen MR) is 110 cm³/mol. The van der Waals surface area contributed by atoms with Crippen LogP contribution in [-0.2, 0) is 21.2 Å². The Labute approximate surface area is 168 Å². The molecular formula is C19H30ClN3O3S. The lowest BCUT2D eigenvalue weighted by molar-refractivity contribution is -0.136. The Balaban J connectivity index is 0.00000261. The highest BCUT2D eigenvalue weighted by atomic mass is 35.5. The monoisotopic (exact) mass is 415 g/mol. The third kappa shape index (κ3) is 5.83. The Morgan fingerprint density at radius 1 is 1.11 bits per heavy atom. The molecule has 3 N–H and O–H groups in total. The van der Waals surface area contributed by atoms with Gasteiger partial charge in [-0.25, -0.2) is 13.1 Å². The lowest BCUT2D eigenvalue weighted by Gasteiger charge is -2.34. The second-order valence-electron chi connectivity index (χ2n) is 7.46. The molecule has 0 aromatic heterocycles. The molecule has 8 heteroatoms. The molecule has 2 aliphatic rings. The van der Waals surface area contributed by atoms with E-state index in [-0.39, 0.29) is 24.2 Å². The summed E-state index contributed by atoms with van der Waals surface area (Å²) < 4.78 is 28.0. The smallest absolute Gasteiger partial charge is 0.225 e. The number of carbonyl (C=O) groups excluding carboxylic acids is 1. The molecule has 1 aromatic carbocycles. The highest BCUT2D eigenvalue weighted by Crippen LogP contribution is 2.28. The molecule has 152 valence electrons. The van der Waals surface area contributed by atoms with Crippen molar-refractivity contribution < 1.29 is 13.2 Å². The van der Waals surface area contributed by atoms with Gasteiger partial charge in [0.15, 0.2) is 0 Å². The van der Waals surface area contributed by atoms with Gasteiger partial charge < -0.3 is 10.6 Å². The fourth-order valence-electron chi connectivity index (χ4n) is 3.96. The van der Waals surface area contributed by atoms with Crippen LogP contribution >= 0.6 is 12.4 Å². The maximum atomic E-state index is 12.7. The minimum Gasteiger partial charge on any atom is -0.399 e. The van der Waals surface area contributed by atoms with Crippen LogP contribution in [0.5, 0.6) is 0 Å². The van der Waals surface area contributed by atoms with Gasteiger partial charge in [-0.15, -0.1) is 12.4 Å². The van der Waals surface area contributed by atoms with Crippen LogP contribution in [0.4, 0.5) is 5.69 Å². The summed E-state index contributed by atoms with van der Waals surface area (Å²) in [5.74, 6) is 0.263. The summed E-state index contributed by atoms with van der Waals surface area (Å²) in [6.45, 7) is 1.37. The quantitative estimate of drug-likeness (QED) is 0.697. The van der Waals surface area contributed by atoms with Crippen molar-refractivity contribution in [2.24, 2.45) is 5.92 Å². The number of rotatable bonds is 6. The van der Waals surface area contributed by atoms with E-state index in [0.29, 0.717) is 38.2 Å². The number of halogens is 1. The van der Waals surface area contributed by atoms with Crippen LogP contribution in [0.1, 0.15) is 44.1 Å². The Hall–Kier alpha value is -1.31. The molecule has 1 unspecified atom stereocenters. The number of carbonyl (C=O) groups is 1. The summed E-state index contributed by atoms with van der Waals surface area (Å²) in [4.78, 5) is 14.4. The van der Waals surface area contributed by atoms with Gasteiger partial charge in [-0.1, -0.05) is 25.0 Å². The van der Waals surface area contributed by atoms with Gasteiger partial charge in [-0.3, -0.25) is 4.79 Å². The van der Waals surface area contributed by atoms with Crippen LogP contribution in [0.25, 0.3) is 0 Å². The highest BCUT2D eigenvalue weighted by molar-refractivity contribution is 7.90. The largest absolute Gasteiger partial charge is 0.399 e. The fourth-order valence-corrected chi connectivity index (χ4v) is 5.44. The average molecular weight is 416 g/mol. The zero-order valence-corrected chi connectivity index (χ0v) is 17.2. The van der Waals surface area contributed by atoms with E-state index >= 15 is 0 Å². The number of nitrogens with zero attached hydrogens (tertiary/aromatic N) is 1. The third-order valence-electron chi connectivity index (χ3n) is 5.53. The number of nitrogens with one attached hydrogen (secondary N) is 1. The number of likely N-dealkylation sites (tertiary alicyclic amines) is 1. The number of sulfonamides is 1. The second-order valence-corrected chi connectivity index (χ2v) is 9.51. The maximum Gasteiger partial charge on any atom is 0.225 e. The summed E-state index contributed by atoms with van der Waals surface area (Å²) in [6.07, 6.45) is 6.11. The molecule has 2 fully saturated rings. The van der Waals surface area contributed by atoms with E-state index < -0.39 is 15.3 Å². The lowest BCUT2D eigenvalue weighted by Crippen LogP contribution is -2.49. The Morgan fingerprint density at radius 2 is 1.78 bits per heavy atom. The number of nitrogens with two attached hydrogens (primary N) is 1. The molecule has 1 saturated carbocycles. The highest BCUT2D eigenvalue weighted by Gasteiger charge is 2.35. The maximum absolute atomic E-state index is 12.7. The van der Waals surface area contributed by atoms with Crippen LogP contribution < -0.4 is 10.5 Å². The summed E-state index contributed by atoms with van der Waals surface area (Å²) in [5.41, 5.74) is 7.40. The SMILES string of the molecule is Cl.Nc1ccc(CCNS(=O)(=O)C2CCCN(C(=O)C3CCCC3)C2)cc1. The van der Waals surface area contributed by atoms with Crippen molar-refractivity contribution in [3.05, 3.63) is 29.8 Å². The molecule has 1 aromatic rings. The molecule has 1 atom stereocenters. The molecule has 1 aliphatic heterocycles. The second kappa shape index (κ2) is 9.75. The van der Waals surface area contributed by atoms with Crippen LogP contribution in [0.3, 0.4) is 0 Å². The molecule has 1 saturated heterocycles. The van der Waals surface area contributed by atoms with Crippen LogP contribution in [0.2, 0.25) is 0 Å². The first kappa shape index (κ1) is 22.0. The number of piperidine rings is 1. The van der Waals surface area contributed by atoms with Crippen molar-refractivity contribution in [1.29, 1.82) is 0 Å². The summed E-state index contributed by atoms with van der Waals surface area (Å²) in [7, 11) is -3.42. The fraction of sp³-hybridized carbons (Fsp3) is 0.632. The molecule has 27 heavy (non-hydrogen) atoms. The molecule has 0 radical (unpaired) electrons. The molecule has 6 nitrogen and oxygen atoms in total. The number of nitrogen functional groups attached to an aromatic ring is 1. The van der Waals surface area contributed by atoms with Crippen molar-refractivity contribution in [3.63, 3.8) is 0 Å². The average Bonchev–Trinajstić information content (AvgIpc) is 3.17. The molecule has 0 spiro atoms. The molecule has 1 aliphatic carbocycles. The van der Waals surface area contributed by atoms with Crippen molar-refractivity contribution in [1.82, 2.24) is 9.62 Å². The zero-order valence-electron chi connectivity index (χ0n) is 15.6. The van der Waals surface area contributed by atoms with Gasteiger partial charge in [0.1, 0.15) is 0 Å². The van der Waals surface area contributed by atoms with Crippen molar-refractivity contribution >= 4 is 34.0 Å². The van der Waals surface area contributed by atoms with Gasteiger partial charge in [0.05, 0.1) is 5.25 Å². The Morgan fingerprint density at radius 3 is 2.44 bits per heavy atom. The van der Waals surface area contributed by atoms with Gasteiger partial charge in [0.2, 0.25) is 15.9 Å². The number of hydrogen-bond acceptors (Lipinski definition) is 4. The molecule has 1 amide bonds. The predicted octanol–water partition coefficient (Wildman–Crippen LogP) is 2.33.